The molecule has 0 unspecified atom stereocenters. The minimum atomic E-state index is -0.580. The maximum atomic E-state index is 11.8. The first-order valence-electron chi connectivity index (χ1n) is 7.85. The average molecular weight is 269 g/mol. The molecule has 1 fully saturated rings. The monoisotopic (exact) mass is 269 g/mol. The lowest BCUT2D eigenvalue weighted by Gasteiger charge is -2.37. The van der Waals surface area contributed by atoms with E-state index in [4.69, 9.17) is 0 Å². The number of rotatable bonds is 6. The van der Waals surface area contributed by atoms with Crippen LogP contribution in [0.3, 0.4) is 0 Å². The summed E-state index contributed by atoms with van der Waals surface area (Å²) in [4.78, 5) is 14.2. The molecule has 0 amide bonds. The van der Waals surface area contributed by atoms with Crippen molar-refractivity contribution >= 4 is 5.97 Å². The molecule has 1 rings (SSSR count). The Morgan fingerprint density at radius 2 is 1.63 bits per heavy atom. The summed E-state index contributed by atoms with van der Waals surface area (Å²) in [5.74, 6) is 0.00262. The molecule has 0 bridgehead atoms. The van der Waals surface area contributed by atoms with E-state index in [0.717, 1.165) is 38.8 Å². The van der Waals surface area contributed by atoms with Gasteiger partial charge in [0.05, 0.1) is 5.41 Å². The second kappa shape index (κ2) is 7.28. The number of hydrogen-bond donors (Lipinski definition) is 1. The van der Waals surface area contributed by atoms with Crippen molar-refractivity contribution in [1.29, 1.82) is 0 Å². The van der Waals surface area contributed by atoms with Crippen molar-refractivity contribution < 1.29 is 9.90 Å². The fourth-order valence-corrected chi connectivity index (χ4v) is 3.16. The van der Waals surface area contributed by atoms with Gasteiger partial charge in [-0.05, 0) is 32.6 Å². The van der Waals surface area contributed by atoms with Crippen LogP contribution in [0.4, 0.5) is 0 Å². The minimum Gasteiger partial charge on any atom is -0.481 e. The van der Waals surface area contributed by atoms with Crippen LogP contribution in [-0.2, 0) is 4.79 Å². The predicted molar refractivity (Wildman–Crippen MR) is 79.3 cm³/mol. The van der Waals surface area contributed by atoms with Crippen molar-refractivity contribution in [3.05, 3.63) is 0 Å². The van der Waals surface area contributed by atoms with Gasteiger partial charge in [0.1, 0.15) is 0 Å². The third kappa shape index (κ3) is 4.79. The van der Waals surface area contributed by atoms with Crippen LogP contribution in [-0.4, -0.2) is 35.1 Å². The molecule has 0 atom stereocenters. The van der Waals surface area contributed by atoms with Crippen LogP contribution in [0.25, 0.3) is 0 Å². The molecule has 1 N–H and O–H groups in total. The van der Waals surface area contributed by atoms with E-state index in [1.54, 1.807) is 0 Å². The van der Waals surface area contributed by atoms with Crippen molar-refractivity contribution in [1.82, 2.24) is 4.90 Å². The van der Waals surface area contributed by atoms with Crippen molar-refractivity contribution in [2.24, 2.45) is 11.3 Å². The highest BCUT2D eigenvalue weighted by Crippen LogP contribution is 2.36. The van der Waals surface area contributed by atoms with Crippen molar-refractivity contribution in [3.63, 3.8) is 0 Å². The maximum absolute atomic E-state index is 11.8. The lowest BCUT2D eigenvalue weighted by atomic mass is 9.79. The third-order valence-electron chi connectivity index (χ3n) is 4.35. The summed E-state index contributed by atoms with van der Waals surface area (Å²) in [7, 11) is 0. The summed E-state index contributed by atoms with van der Waals surface area (Å²) in [6.45, 7) is 10.5. The van der Waals surface area contributed by atoms with Gasteiger partial charge in [0.2, 0.25) is 0 Å². The van der Waals surface area contributed by atoms with E-state index < -0.39 is 11.4 Å². The highest BCUT2D eigenvalue weighted by molar-refractivity contribution is 5.75. The van der Waals surface area contributed by atoms with Crippen LogP contribution in [0.5, 0.6) is 0 Å². The van der Waals surface area contributed by atoms with Gasteiger partial charge in [-0.2, -0.15) is 0 Å². The summed E-state index contributed by atoms with van der Waals surface area (Å²) >= 11 is 0. The Morgan fingerprint density at radius 3 is 2.00 bits per heavy atom. The quantitative estimate of drug-likeness (QED) is 0.746. The summed E-state index contributed by atoms with van der Waals surface area (Å²) in [6.07, 6.45) is 6.23. The van der Waals surface area contributed by atoms with Crippen molar-refractivity contribution in [3.8, 4) is 0 Å². The molecular weight excluding hydrogens is 238 g/mol. The Hall–Kier alpha value is -0.570. The van der Waals surface area contributed by atoms with Gasteiger partial charge in [0.25, 0.3) is 0 Å². The van der Waals surface area contributed by atoms with Gasteiger partial charge in [-0.15, -0.1) is 0 Å². The predicted octanol–water partition coefficient (Wildman–Crippen LogP) is 3.78. The fraction of sp³-hybridized carbons (Fsp3) is 0.938. The van der Waals surface area contributed by atoms with Gasteiger partial charge in [-0.3, -0.25) is 9.69 Å². The van der Waals surface area contributed by atoms with E-state index in [-0.39, 0.29) is 0 Å². The molecule has 0 heterocycles. The summed E-state index contributed by atoms with van der Waals surface area (Å²) in [5.41, 5.74) is -0.504. The first-order chi connectivity index (χ1) is 8.87. The molecule has 0 aromatic rings. The van der Waals surface area contributed by atoms with E-state index in [0.29, 0.717) is 12.0 Å². The number of carboxylic acids is 1. The molecule has 19 heavy (non-hydrogen) atoms. The molecule has 3 nitrogen and oxygen atoms in total. The van der Waals surface area contributed by atoms with E-state index >= 15 is 0 Å². The Balaban J connectivity index is 2.82. The molecule has 0 spiro atoms. The molecule has 1 aliphatic carbocycles. The van der Waals surface area contributed by atoms with Crippen LogP contribution in [0, 0.1) is 11.3 Å². The van der Waals surface area contributed by atoms with Gasteiger partial charge >= 0.3 is 5.97 Å². The Kier molecular flexibility index (Phi) is 6.31. The zero-order valence-corrected chi connectivity index (χ0v) is 13.1. The molecule has 3 heteroatoms. The topological polar surface area (TPSA) is 40.5 Å². The van der Waals surface area contributed by atoms with Gasteiger partial charge in [0, 0.05) is 19.1 Å². The molecule has 0 saturated heterocycles. The minimum absolute atomic E-state index is 0.418. The Bertz CT molecular complexity index is 278. The van der Waals surface area contributed by atoms with Gasteiger partial charge in [-0.25, -0.2) is 0 Å². The van der Waals surface area contributed by atoms with Crippen LogP contribution in [0.1, 0.15) is 66.2 Å². The highest BCUT2D eigenvalue weighted by atomic mass is 16.4. The van der Waals surface area contributed by atoms with E-state index in [9.17, 15) is 9.90 Å². The number of hydrogen-bond acceptors (Lipinski definition) is 2. The second-order valence-electron chi connectivity index (χ2n) is 6.92. The largest absolute Gasteiger partial charge is 0.481 e. The molecule has 0 aliphatic heterocycles. The first kappa shape index (κ1) is 16.5. The van der Waals surface area contributed by atoms with Gasteiger partial charge in [-0.1, -0.05) is 39.5 Å². The molecular formula is C16H31NO2. The number of carbonyl (C=O) groups is 1. The number of nitrogens with zero attached hydrogens (tertiary/aromatic N) is 1. The lowest BCUT2D eigenvalue weighted by molar-refractivity contribution is -0.151. The van der Waals surface area contributed by atoms with Crippen LogP contribution in [0.15, 0.2) is 0 Å². The van der Waals surface area contributed by atoms with Crippen molar-refractivity contribution in [2.75, 3.05) is 13.1 Å². The molecule has 112 valence electrons. The SMILES string of the molecule is CC(C)CN(CC1(C(=O)O)CCCCCC1)C(C)C. The standard InChI is InChI=1S/C16H31NO2/c1-13(2)11-17(14(3)4)12-16(15(18)19)9-7-5-6-8-10-16/h13-14H,5-12H2,1-4H3,(H,18,19). The Labute approximate surface area is 118 Å². The third-order valence-corrected chi connectivity index (χ3v) is 4.35. The van der Waals surface area contributed by atoms with Gasteiger partial charge < -0.3 is 5.11 Å². The van der Waals surface area contributed by atoms with E-state index in [1.807, 2.05) is 0 Å². The zero-order valence-electron chi connectivity index (χ0n) is 13.1. The summed E-state index contributed by atoms with van der Waals surface area (Å²) < 4.78 is 0. The van der Waals surface area contributed by atoms with E-state index in [1.165, 1.54) is 12.8 Å². The molecule has 1 aliphatic rings. The molecule has 0 radical (unpaired) electrons. The number of carboxylic acid groups (broad SMARTS) is 1. The van der Waals surface area contributed by atoms with Crippen LogP contribution < -0.4 is 0 Å². The summed E-state index contributed by atoms with van der Waals surface area (Å²) in [5, 5.41) is 9.75. The smallest absolute Gasteiger partial charge is 0.310 e. The van der Waals surface area contributed by atoms with Crippen molar-refractivity contribution in [2.45, 2.75) is 72.3 Å². The maximum Gasteiger partial charge on any atom is 0.310 e. The lowest BCUT2D eigenvalue weighted by Crippen LogP contribution is -2.46. The normalized spacial score (nSPS) is 19.9. The first-order valence-corrected chi connectivity index (χ1v) is 7.85. The molecule has 1 saturated carbocycles. The molecule has 0 aromatic heterocycles. The van der Waals surface area contributed by atoms with Gasteiger partial charge in [0.15, 0.2) is 0 Å². The fourth-order valence-electron chi connectivity index (χ4n) is 3.16. The second-order valence-corrected chi connectivity index (χ2v) is 6.92. The summed E-state index contributed by atoms with van der Waals surface area (Å²) in [6, 6.07) is 0.418. The average Bonchev–Trinajstić information content (AvgIpc) is 2.54. The highest BCUT2D eigenvalue weighted by Gasteiger charge is 2.40. The Morgan fingerprint density at radius 1 is 1.11 bits per heavy atom. The number of aliphatic carboxylic acids is 1. The van der Waals surface area contributed by atoms with E-state index in [2.05, 4.69) is 32.6 Å². The van der Waals surface area contributed by atoms with Crippen LogP contribution in [0.2, 0.25) is 0 Å². The van der Waals surface area contributed by atoms with Crippen LogP contribution >= 0.6 is 0 Å². The zero-order chi connectivity index (χ0) is 14.5. The molecule has 0 aromatic carbocycles.